The van der Waals surface area contributed by atoms with Crippen LogP contribution in [0.5, 0.6) is 0 Å². The fraction of sp³-hybridized carbons (Fsp3) is 0.100. The van der Waals surface area contributed by atoms with Crippen molar-refractivity contribution in [2.24, 2.45) is 0 Å². The maximum absolute atomic E-state index is 13.3. The number of hydrogen-bond acceptors (Lipinski definition) is 1. The summed E-state index contributed by atoms with van der Waals surface area (Å²) in [6.07, 6.45) is -3.45. The molecule has 1 aromatic rings. The summed E-state index contributed by atoms with van der Waals surface area (Å²) < 4.78 is 50.3. The van der Waals surface area contributed by atoms with Crippen LogP contribution in [0.25, 0.3) is 6.08 Å². The van der Waals surface area contributed by atoms with Gasteiger partial charge < -0.3 is 5.11 Å². The van der Waals surface area contributed by atoms with E-state index < -0.39 is 34.1 Å². The fourth-order valence-electron chi connectivity index (χ4n) is 1.06. The molecule has 0 radical (unpaired) electrons. The van der Waals surface area contributed by atoms with Gasteiger partial charge in [-0.1, -0.05) is 11.6 Å². The van der Waals surface area contributed by atoms with E-state index >= 15 is 0 Å². The molecule has 0 spiro atoms. The number of benzene rings is 1. The van der Waals surface area contributed by atoms with Gasteiger partial charge in [0.2, 0.25) is 0 Å². The van der Waals surface area contributed by atoms with Gasteiger partial charge in [0.05, 0.1) is 10.6 Å². The normalized spacial score (nSPS) is 12.1. The van der Waals surface area contributed by atoms with Gasteiger partial charge in [-0.2, -0.15) is 13.2 Å². The van der Waals surface area contributed by atoms with E-state index in [9.17, 15) is 22.4 Å². The summed E-state index contributed by atoms with van der Waals surface area (Å²) >= 11 is 5.28. The highest BCUT2D eigenvalue weighted by Crippen LogP contribution is 2.33. The number of carbonyl (C=O) groups is 1. The van der Waals surface area contributed by atoms with Crippen LogP contribution in [0.1, 0.15) is 11.1 Å². The topological polar surface area (TPSA) is 37.3 Å². The average molecular weight is 269 g/mol. The largest absolute Gasteiger partial charge is 0.478 e. The zero-order valence-electron chi connectivity index (χ0n) is 8.05. The molecule has 0 aliphatic heterocycles. The molecule has 0 unspecified atom stereocenters. The van der Waals surface area contributed by atoms with Crippen molar-refractivity contribution >= 4 is 23.6 Å². The van der Waals surface area contributed by atoms with Crippen molar-refractivity contribution in [2.75, 3.05) is 0 Å². The van der Waals surface area contributed by atoms with Crippen LogP contribution in [-0.2, 0) is 11.0 Å². The Morgan fingerprint density at radius 3 is 2.41 bits per heavy atom. The molecule has 17 heavy (non-hydrogen) atoms. The number of carboxylic acid groups (broad SMARTS) is 1. The molecule has 0 bridgehead atoms. The molecule has 0 fully saturated rings. The lowest BCUT2D eigenvalue weighted by Gasteiger charge is -2.09. The van der Waals surface area contributed by atoms with E-state index in [0.29, 0.717) is 24.3 Å². The maximum atomic E-state index is 13.3. The molecule has 0 aliphatic rings. The van der Waals surface area contributed by atoms with E-state index in [-0.39, 0.29) is 0 Å². The second-order valence-corrected chi connectivity index (χ2v) is 3.44. The fourth-order valence-corrected chi connectivity index (χ4v) is 1.28. The van der Waals surface area contributed by atoms with Crippen molar-refractivity contribution in [1.82, 2.24) is 0 Å². The Bertz CT molecular complexity index is 480. The van der Waals surface area contributed by atoms with Crippen LogP contribution in [0.2, 0.25) is 5.02 Å². The van der Waals surface area contributed by atoms with Crippen molar-refractivity contribution in [3.05, 3.63) is 40.2 Å². The minimum Gasteiger partial charge on any atom is -0.478 e. The Morgan fingerprint density at radius 1 is 1.35 bits per heavy atom. The van der Waals surface area contributed by atoms with E-state index in [1.807, 2.05) is 0 Å². The SMILES string of the molecule is O=C(O)/C=C/c1cc(C(F)(F)F)cc(Cl)c1F. The third kappa shape index (κ3) is 3.45. The van der Waals surface area contributed by atoms with Crippen LogP contribution in [-0.4, -0.2) is 11.1 Å². The van der Waals surface area contributed by atoms with Crippen LogP contribution < -0.4 is 0 Å². The minimum absolute atomic E-state index is 0.439. The van der Waals surface area contributed by atoms with Gasteiger partial charge in [-0.25, -0.2) is 9.18 Å². The number of aliphatic carboxylic acids is 1. The Labute approximate surface area is 98.1 Å². The zero-order valence-corrected chi connectivity index (χ0v) is 8.81. The van der Waals surface area contributed by atoms with Crippen LogP contribution in [0.4, 0.5) is 17.6 Å². The van der Waals surface area contributed by atoms with Crippen LogP contribution >= 0.6 is 11.6 Å². The Morgan fingerprint density at radius 2 is 1.94 bits per heavy atom. The summed E-state index contributed by atoms with van der Waals surface area (Å²) in [7, 11) is 0. The van der Waals surface area contributed by atoms with Crippen molar-refractivity contribution in [1.29, 1.82) is 0 Å². The molecular formula is C10H5ClF4O2. The van der Waals surface area contributed by atoms with Gasteiger partial charge in [0, 0.05) is 11.6 Å². The van der Waals surface area contributed by atoms with Gasteiger partial charge >= 0.3 is 12.1 Å². The summed E-state index contributed by atoms with van der Waals surface area (Å²) in [6, 6.07) is 0.926. The van der Waals surface area contributed by atoms with Crippen LogP contribution in [0.15, 0.2) is 18.2 Å². The second kappa shape index (κ2) is 4.75. The molecule has 0 atom stereocenters. The first-order chi connectivity index (χ1) is 7.71. The van der Waals surface area contributed by atoms with Crippen molar-refractivity contribution < 1.29 is 27.5 Å². The van der Waals surface area contributed by atoms with Gasteiger partial charge in [-0.3, -0.25) is 0 Å². The maximum Gasteiger partial charge on any atom is 0.416 e. The van der Waals surface area contributed by atoms with Crippen LogP contribution in [0.3, 0.4) is 0 Å². The van der Waals surface area contributed by atoms with Crippen molar-refractivity contribution in [3.8, 4) is 0 Å². The predicted octanol–water partition coefficient (Wildman–Crippen LogP) is 3.60. The quantitative estimate of drug-likeness (QED) is 0.657. The van der Waals surface area contributed by atoms with Crippen LogP contribution in [0, 0.1) is 5.82 Å². The lowest BCUT2D eigenvalue weighted by Crippen LogP contribution is -2.06. The third-order valence-corrected chi connectivity index (χ3v) is 2.06. The molecule has 7 heteroatoms. The van der Waals surface area contributed by atoms with Crippen molar-refractivity contribution in [3.63, 3.8) is 0 Å². The summed E-state index contributed by atoms with van der Waals surface area (Å²) in [5.41, 5.74) is -1.68. The number of alkyl halides is 3. The molecule has 0 aromatic heterocycles. The summed E-state index contributed by atoms with van der Waals surface area (Å²) in [4.78, 5) is 10.2. The predicted molar refractivity (Wildman–Crippen MR) is 53.1 cm³/mol. The number of hydrogen-bond donors (Lipinski definition) is 1. The summed E-state index contributed by atoms with van der Waals surface area (Å²) in [5, 5.41) is 7.58. The summed E-state index contributed by atoms with van der Waals surface area (Å²) in [6.45, 7) is 0. The van der Waals surface area contributed by atoms with E-state index in [0.717, 1.165) is 0 Å². The standard InChI is InChI=1S/C10H5ClF4O2/c11-7-4-6(10(13,14)15)3-5(9(7)12)1-2-8(16)17/h1-4H,(H,16,17)/b2-1+. The summed E-state index contributed by atoms with van der Waals surface area (Å²) in [5.74, 6) is -2.50. The Balaban J connectivity index is 3.30. The Hall–Kier alpha value is -1.56. The molecule has 2 nitrogen and oxygen atoms in total. The monoisotopic (exact) mass is 268 g/mol. The number of halogens is 5. The van der Waals surface area contributed by atoms with Gasteiger partial charge in [-0.15, -0.1) is 0 Å². The number of rotatable bonds is 2. The second-order valence-electron chi connectivity index (χ2n) is 3.03. The molecule has 0 aliphatic carbocycles. The highest BCUT2D eigenvalue weighted by atomic mass is 35.5. The first-order valence-corrected chi connectivity index (χ1v) is 4.57. The van der Waals surface area contributed by atoms with Gasteiger partial charge in [-0.05, 0) is 18.2 Å². The molecule has 0 saturated carbocycles. The van der Waals surface area contributed by atoms with E-state index in [2.05, 4.69) is 0 Å². The highest BCUT2D eigenvalue weighted by Gasteiger charge is 2.31. The van der Waals surface area contributed by atoms with Gasteiger partial charge in [0.25, 0.3) is 0 Å². The molecule has 1 N–H and O–H groups in total. The Kier molecular flexibility index (Phi) is 3.77. The number of carboxylic acids is 1. The molecule has 92 valence electrons. The van der Waals surface area contributed by atoms with Crippen molar-refractivity contribution in [2.45, 2.75) is 6.18 Å². The van der Waals surface area contributed by atoms with E-state index in [4.69, 9.17) is 16.7 Å². The first kappa shape index (κ1) is 13.5. The molecule has 0 amide bonds. The average Bonchev–Trinajstić information content (AvgIpc) is 2.18. The van der Waals surface area contributed by atoms with Gasteiger partial charge in [0.1, 0.15) is 5.82 Å². The lowest BCUT2D eigenvalue weighted by atomic mass is 10.1. The lowest BCUT2D eigenvalue weighted by molar-refractivity contribution is -0.137. The minimum atomic E-state index is -4.68. The molecular weight excluding hydrogens is 264 g/mol. The molecule has 1 rings (SSSR count). The van der Waals surface area contributed by atoms with E-state index in [1.165, 1.54) is 0 Å². The highest BCUT2D eigenvalue weighted by molar-refractivity contribution is 6.31. The third-order valence-electron chi connectivity index (χ3n) is 1.79. The molecule has 0 saturated heterocycles. The first-order valence-electron chi connectivity index (χ1n) is 4.19. The van der Waals surface area contributed by atoms with Gasteiger partial charge in [0.15, 0.2) is 0 Å². The molecule has 1 aromatic carbocycles. The van der Waals surface area contributed by atoms with E-state index in [1.54, 1.807) is 0 Å². The molecule has 0 heterocycles. The smallest absolute Gasteiger partial charge is 0.416 e. The zero-order chi connectivity index (χ0) is 13.2.